The Morgan fingerprint density at radius 1 is 0.958 bits per heavy atom. The largest absolute Gasteiger partial charge is 0.497 e. The minimum Gasteiger partial charge on any atom is -0.497 e. The molecule has 0 amide bonds. The summed E-state index contributed by atoms with van der Waals surface area (Å²) in [6.45, 7) is 14.6. The molecule has 0 fully saturated rings. The number of benzene rings is 1. The van der Waals surface area contributed by atoms with Crippen molar-refractivity contribution in [3.63, 3.8) is 0 Å². The first-order chi connectivity index (χ1) is 11.8. The van der Waals surface area contributed by atoms with Crippen molar-refractivity contribution in [1.82, 2.24) is 0 Å². The molecule has 1 heteroatoms. The molecular weight excluding hydrogens is 292 g/mol. The van der Waals surface area contributed by atoms with Crippen LogP contribution in [-0.2, 0) is 11.2 Å². The normalized spacial score (nSPS) is 11.4. The minimum atomic E-state index is 0.949. The molecule has 1 nitrogen and oxygen atoms in total. The van der Waals surface area contributed by atoms with Crippen molar-refractivity contribution in [2.24, 2.45) is 0 Å². The minimum absolute atomic E-state index is 0.949. The van der Waals surface area contributed by atoms with E-state index in [4.69, 9.17) is 4.74 Å². The number of hydrogen-bond acceptors (Lipinski definition) is 1. The molecule has 0 aliphatic carbocycles. The predicted octanol–water partition coefficient (Wildman–Crippen LogP) is 7.73. The smallest absolute Gasteiger partial charge is 0.121 e. The summed E-state index contributed by atoms with van der Waals surface area (Å²) in [5.41, 5.74) is 4.10. The van der Waals surface area contributed by atoms with Gasteiger partial charge < -0.3 is 4.74 Å². The van der Waals surface area contributed by atoms with Crippen LogP contribution in [0.2, 0.25) is 0 Å². The van der Waals surface area contributed by atoms with Gasteiger partial charge in [0.25, 0.3) is 0 Å². The maximum absolute atomic E-state index is 5.75. The molecule has 0 aromatic heterocycles. The van der Waals surface area contributed by atoms with Crippen molar-refractivity contribution in [3.05, 3.63) is 58.9 Å². The number of methoxy groups -OCH3 is 1. The van der Waals surface area contributed by atoms with Crippen molar-refractivity contribution < 1.29 is 4.74 Å². The monoisotopic (exact) mass is 332 g/mol. The highest BCUT2D eigenvalue weighted by molar-refractivity contribution is 5.35. The maximum Gasteiger partial charge on any atom is 0.121 e. The molecule has 0 heterocycles. The summed E-state index contributed by atoms with van der Waals surface area (Å²) in [6, 6.07) is 10.6. The van der Waals surface area contributed by atoms with E-state index in [-0.39, 0.29) is 0 Å². The molecule has 0 N–H and O–H groups in total. The first-order valence-corrected chi connectivity index (χ1v) is 9.76. The molecule has 0 saturated heterocycles. The first-order valence-electron chi connectivity index (χ1n) is 9.76. The first kappa shape index (κ1) is 24.7. The molecule has 0 unspecified atom stereocenters. The van der Waals surface area contributed by atoms with E-state index in [1.54, 1.807) is 7.11 Å². The SMILES string of the molecule is CC.CC.CC/C=C(Cc1ccccc1)\C(OC)=C(/CC)CCC. The number of hydrogen-bond donors (Lipinski definition) is 0. The molecule has 0 bridgehead atoms. The zero-order valence-electron chi connectivity index (χ0n) is 17.4. The number of allylic oxidation sites excluding steroid dienone is 3. The van der Waals surface area contributed by atoms with Gasteiger partial charge in [0.15, 0.2) is 0 Å². The molecule has 138 valence electrons. The molecule has 1 aromatic rings. The van der Waals surface area contributed by atoms with Crippen LogP contribution in [0, 0.1) is 0 Å². The Kier molecular flexibility index (Phi) is 18.4. The average molecular weight is 333 g/mol. The second-order valence-corrected chi connectivity index (χ2v) is 5.04. The van der Waals surface area contributed by atoms with Gasteiger partial charge in [-0.05, 0) is 36.0 Å². The van der Waals surface area contributed by atoms with Crippen LogP contribution < -0.4 is 0 Å². The van der Waals surface area contributed by atoms with Crippen LogP contribution >= 0.6 is 0 Å². The Bertz CT molecular complexity index is 440. The van der Waals surface area contributed by atoms with Crippen LogP contribution in [0.25, 0.3) is 0 Å². The molecule has 0 aliphatic rings. The van der Waals surface area contributed by atoms with Gasteiger partial charge in [-0.1, -0.05) is 91.3 Å². The van der Waals surface area contributed by atoms with E-state index in [0.717, 1.165) is 31.4 Å². The second kappa shape index (κ2) is 17.8. The van der Waals surface area contributed by atoms with E-state index in [1.165, 1.54) is 23.1 Å². The van der Waals surface area contributed by atoms with Gasteiger partial charge in [0.2, 0.25) is 0 Å². The van der Waals surface area contributed by atoms with Crippen molar-refractivity contribution in [3.8, 4) is 0 Å². The lowest BCUT2D eigenvalue weighted by Gasteiger charge is -2.16. The summed E-state index contributed by atoms with van der Waals surface area (Å²) in [5, 5.41) is 0. The van der Waals surface area contributed by atoms with Crippen LogP contribution in [0.4, 0.5) is 0 Å². The van der Waals surface area contributed by atoms with Gasteiger partial charge >= 0.3 is 0 Å². The van der Waals surface area contributed by atoms with Gasteiger partial charge in [-0.25, -0.2) is 0 Å². The molecular formula is C23H40O. The van der Waals surface area contributed by atoms with E-state index >= 15 is 0 Å². The van der Waals surface area contributed by atoms with Crippen molar-refractivity contribution in [2.75, 3.05) is 7.11 Å². The van der Waals surface area contributed by atoms with Crippen LogP contribution in [-0.4, -0.2) is 7.11 Å². The topological polar surface area (TPSA) is 9.23 Å². The highest BCUT2D eigenvalue weighted by atomic mass is 16.5. The Labute approximate surface area is 151 Å². The molecule has 0 radical (unpaired) electrons. The quantitative estimate of drug-likeness (QED) is 0.349. The Morgan fingerprint density at radius 3 is 1.96 bits per heavy atom. The third kappa shape index (κ3) is 9.60. The Morgan fingerprint density at radius 2 is 1.54 bits per heavy atom. The van der Waals surface area contributed by atoms with Gasteiger partial charge in [-0.2, -0.15) is 0 Å². The standard InChI is InChI=1S/C19H28O.2C2H6/c1-5-11-17(7-3)19(20-4)18(12-6-2)15-16-13-9-8-10-14-16;2*1-2/h8-10,12-14H,5-7,11,15H2,1-4H3;2*1-2H3/b18-12-,19-17-;;. The van der Waals surface area contributed by atoms with Crippen LogP contribution in [0.5, 0.6) is 0 Å². The summed E-state index contributed by atoms with van der Waals surface area (Å²) in [6.07, 6.45) is 7.64. The van der Waals surface area contributed by atoms with Gasteiger partial charge in [0.05, 0.1) is 7.11 Å². The van der Waals surface area contributed by atoms with Gasteiger partial charge in [0, 0.05) is 6.42 Å². The zero-order chi connectivity index (χ0) is 18.8. The molecule has 24 heavy (non-hydrogen) atoms. The Hall–Kier alpha value is -1.50. The summed E-state index contributed by atoms with van der Waals surface area (Å²) < 4.78 is 5.75. The van der Waals surface area contributed by atoms with Crippen LogP contribution in [0.15, 0.2) is 53.3 Å². The predicted molar refractivity (Wildman–Crippen MR) is 110 cm³/mol. The van der Waals surface area contributed by atoms with Crippen LogP contribution in [0.3, 0.4) is 0 Å². The summed E-state index contributed by atoms with van der Waals surface area (Å²) in [4.78, 5) is 0. The maximum atomic E-state index is 5.75. The lowest BCUT2D eigenvalue weighted by molar-refractivity contribution is 0.291. The second-order valence-electron chi connectivity index (χ2n) is 5.04. The van der Waals surface area contributed by atoms with E-state index in [0.29, 0.717) is 0 Å². The van der Waals surface area contributed by atoms with Crippen LogP contribution in [0.1, 0.15) is 79.7 Å². The Balaban J connectivity index is 0. The molecule has 0 aliphatic heterocycles. The summed E-state index contributed by atoms with van der Waals surface area (Å²) in [5.74, 6) is 1.11. The van der Waals surface area contributed by atoms with E-state index in [1.807, 2.05) is 27.7 Å². The average Bonchev–Trinajstić information content (AvgIpc) is 2.66. The molecule has 1 rings (SSSR count). The van der Waals surface area contributed by atoms with Gasteiger partial charge in [-0.15, -0.1) is 0 Å². The lowest BCUT2D eigenvalue weighted by Crippen LogP contribution is -2.02. The number of ether oxygens (including phenoxy) is 1. The number of rotatable bonds is 8. The third-order valence-electron chi connectivity index (χ3n) is 3.48. The fourth-order valence-electron chi connectivity index (χ4n) is 2.56. The van der Waals surface area contributed by atoms with Gasteiger partial charge in [0.1, 0.15) is 5.76 Å². The van der Waals surface area contributed by atoms with Crippen molar-refractivity contribution in [1.29, 1.82) is 0 Å². The molecule has 0 atom stereocenters. The molecule has 0 spiro atoms. The highest BCUT2D eigenvalue weighted by Gasteiger charge is 2.11. The van der Waals surface area contributed by atoms with E-state index in [9.17, 15) is 0 Å². The summed E-state index contributed by atoms with van der Waals surface area (Å²) >= 11 is 0. The third-order valence-corrected chi connectivity index (χ3v) is 3.48. The lowest BCUT2D eigenvalue weighted by atomic mass is 9.96. The van der Waals surface area contributed by atoms with E-state index in [2.05, 4.69) is 57.2 Å². The fraction of sp³-hybridized carbons (Fsp3) is 0.565. The van der Waals surface area contributed by atoms with Crippen molar-refractivity contribution in [2.45, 2.75) is 80.6 Å². The van der Waals surface area contributed by atoms with Gasteiger partial charge in [-0.3, -0.25) is 0 Å². The summed E-state index contributed by atoms with van der Waals surface area (Å²) in [7, 11) is 1.80. The zero-order valence-corrected chi connectivity index (χ0v) is 17.4. The van der Waals surface area contributed by atoms with E-state index < -0.39 is 0 Å². The fourth-order valence-corrected chi connectivity index (χ4v) is 2.56. The molecule has 1 aromatic carbocycles. The molecule has 0 saturated carbocycles. The van der Waals surface area contributed by atoms with Crippen molar-refractivity contribution >= 4 is 0 Å². The highest BCUT2D eigenvalue weighted by Crippen LogP contribution is 2.25.